The molecule has 0 radical (unpaired) electrons. The van der Waals surface area contributed by atoms with Gasteiger partial charge in [-0.3, -0.25) is 5.32 Å². The summed E-state index contributed by atoms with van der Waals surface area (Å²) in [6, 6.07) is 6.73. The van der Waals surface area contributed by atoms with E-state index in [1.807, 2.05) is 17.8 Å². The summed E-state index contributed by atoms with van der Waals surface area (Å²) in [5, 5.41) is 3.64. The summed E-state index contributed by atoms with van der Waals surface area (Å²) in [4.78, 5) is 0.124. The molecule has 0 aromatic heterocycles. The molecule has 0 aliphatic carbocycles. The molecule has 3 nitrogen and oxygen atoms in total. The Morgan fingerprint density at radius 2 is 2.06 bits per heavy atom. The van der Waals surface area contributed by atoms with Crippen LogP contribution in [0.2, 0.25) is 0 Å². The molecule has 4 heteroatoms. The van der Waals surface area contributed by atoms with E-state index in [1.54, 1.807) is 14.2 Å². The summed E-state index contributed by atoms with van der Waals surface area (Å²) >= 11 is 1.99. The van der Waals surface area contributed by atoms with Crippen LogP contribution in [0.5, 0.6) is 11.5 Å². The van der Waals surface area contributed by atoms with Crippen LogP contribution in [0.4, 0.5) is 0 Å². The van der Waals surface area contributed by atoms with Crippen molar-refractivity contribution in [2.24, 2.45) is 0 Å². The van der Waals surface area contributed by atoms with Gasteiger partial charge in [0.25, 0.3) is 0 Å². The van der Waals surface area contributed by atoms with Gasteiger partial charge in [-0.05, 0) is 38.0 Å². The Bertz CT molecular complexity index is 424. The molecular weight excluding hydrogens is 246 g/mol. The Balaban J connectivity index is 2.14. The fourth-order valence-corrected chi connectivity index (χ4v) is 3.65. The van der Waals surface area contributed by atoms with Gasteiger partial charge < -0.3 is 9.47 Å². The zero-order chi connectivity index (χ0) is 13.2. The zero-order valence-electron chi connectivity index (χ0n) is 11.4. The van der Waals surface area contributed by atoms with Gasteiger partial charge in [-0.25, -0.2) is 0 Å². The van der Waals surface area contributed by atoms with Crippen molar-refractivity contribution in [1.29, 1.82) is 0 Å². The molecule has 1 aromatic rings. The average molecular weight is 267 g/mol. The molecule has 2 rings (SSSR count). The predicted molar refractivity (Wildman–Crippen MR) is 76.7 cm³/mol. The normalized spacial score (nSPS) is 27.2. The molecule has 100 valence electrons. The SMILES string of the molecule is COc1ccc(CC2(C)NC(C)CS2)cc1OC. The van der Waals surface area contributed by atoms with Gasteiger partial charge in [-0.1, -0.05) is 6.07 Å². The van der Waals surface area contributed by atoms with E-state index in [0.29, 0.717) is 6.04 Å². The molecule has 2 atom stereocenters. The fraction of sp³-hybridized carbons (Fsp3) is 0.571. The van der Waals surface area contributed by atoms with E-state index < -0.39 is 0 Å². The second-order valence-electron chi connectivity index (χ2n) is 4.95. The van der Waals surface area contributed by atoms with Crippen LogP contribution >= 0.6 is 11.8 Å². The minimum atomic E-state index is 0.124. The van der Waals surface area contributed by atoms with Gasteiger partial charge in [0, 0.05) is 11.8 Å². The second kappa shape index (κ2) is 5.41. The molecule has 1 aliphatic rings. The number of nitrogens with one attached hydrogen (secondary N) is 1. The summed E-state index contributed by atoms with van der Waals surface area (Å²) in [7, 11) is 3.34. The molecule has 1 fully saturated rings. The standard InChI is InChI=1S/C14H21NO2S/c1-10-9-18-14(2,15-10)8-11-5-6-12(16-3)13(7-11)17-4/h5-7,10,15H,8-9H2,1-4H3. The Hall–Kier alpha value is -0.870. The number of thioether (sulfide) groups is 1. The van der Waals surface area contributed by atoms with Gasteiger partial charge in [0.05, 0.1) is 19.1 Å². The van der Waals surface area contributed by atoms with Crippen molar-refractivity contribution in [3.05, 3.63) is 23.8 Å². The lowest BCUT2D eigenvalue weighted by molar-refractivity contribution is 0.354. The van der Waals surface area contributed by atoms with E-state index in [9.17, 15) is 0 Å². The zero-order valence-corrected chi connectivity index (χ0v) is 12.3. The van der Waals surface area contributed by atoms with Crippen LogP contribution in [-0.2, 0) is 6.42 Å². The lowest BCUT2D eigenvalue weighted by Crippen LogP contribution is -2.39. The van der Waals surface area contributed by atoms with Crippen molar-refractivity contribution in [1.82, 2.24) is 5.32 Å². The van der Waals surface area contributed by atoms with E-state index in [0.717, 1.165) is 17.9 Å². The first-order valence-corrected chi connectivity index (χ1v) is 7.17. The van der Waals surface area contributed by atoms with Crippen molar-refractivity contribution in [3.8, 4) is 11.5 Å². The molecule has 0 amide bonds. The van der Waals surface area contributed by atoms with E-state index in [2.05, 4.69) is 31.3 Å². The minimum Gasteiger partial charge on any atom is -0.493 e. The van der Waals surface area contributed by atoms with E-state index in [4.69, 9.17) is 9.47 Å². The largest absolute Gasteiger partial charge is 0.493 e. The van der Waals surface area contributed by atoms with E-state index >= 15 is 0 Å². The Labute approximate surface area is 113 Å². The molecule has 0 saturated carbocycles. The third-order valence-electron chi connectivity index (χ3n) is 3.19. The van der Waals surface area contributed by atoms with Gasteiger partial charge >= 0.3 is 0 Å². The van der Waals surface area contributed by atoms with Crippen molar-refractivity contribution >= 4 is 11.8 Å². The van der Waals surface area contributed by atoms with Crippen LogP contribution in [-0.4, -0.2) is 30.9 Å². The van der Waals surface area contributed by atoms with Crippen LogP contribution in [0.1, 0.15) is 19.4 Å². The van der Waals surface area contributed by atoms with Crippen molar-refractivity contribution in [3.63, 3.8) is 0 Å². The van der Waals surface area contributed by atoms with Gasteiger partial charge in [0.2, 0.25) is 0 Å². The number of hydrogen-bond donors (Lipinski definition) is 1. The molecule has 1 N–H and O–H groups in total. The van der Waals surface area contributed by atoms with Crippen LogP contribution in [0, 0.1) is 0 Å². The first kappa shape index (κ1) is 13.6. The highest BCUT2D eigenvalue weighted by Crippen LogP contribution is 2.35. The molecule has 0 bridgehead atoms. The Morgan fingerprint density at radius 1 is 1.33 bits per heavy atom. The van der Waals surface area contributed by atoms with Crippen LogP contribution < -0.4 is 14.8 Å². The van der Waals surface area contributed by atoms with Crippen LogP contribution in [0.3, 0.4) is 0 Å². The molecule has 1 saturated heterocycles. The summed E-state index contributed by atoms with van der Waals surface area (Å²) in [5.74, 6) is 2.76. The van der Waals surface area contributed by atoms with Crippen LogP contribution in [0.25, 0.3) is 0 Å². The molecule has 1 aromatic carbocycles. The summed E-state index contributed by atoms with van der Waals surface area (Å²) in [5.41, 5.74) is 1.27. The first-order valence-electron chi connectivity index (χ1n) is 6.19. The topological polar surface area (TPSA) is 30.5 Å². The highest BCUT2D eigenvalue weighted by molar-refractivity contribution is 8.00. The van der Waals surface area contributed by atoms with Gasteiger partial charge in [0.1, 0.15) is 0 Å². The summed E-state index contributed by atoms with van der Waals surface area (Å²) in [6.45, 7) is 4.49. The maximum absolute atomic E-state index is 5.34. The third kappa shape index (κ3) is 2.93. The van der Waals surface area contributed by atoms with Crippen molar-refractivity contribution in [2.45, 2.75) is 31.2 Å². The van der Waals surface area contributed by atoms with Crippen molar-refractivity contribution < 1.29 is 9.47 Å². The molecule has 0 spiro atoms. The monoisotopic (exact) mass is 267 g/mol. The maximum Gasteiger partial charge on any atom is 0.160 e. The first-order chi connectivity index (χ1) is 8.56. The Morgan fingerprint density at radius 3 is 2.61 bits per heavy atom. The maximum atomic E-state index is 5.34. The lowest BCUT2D eigenvalue weighted by atomic mass is 10.1. The molecular formula is C14H21NO2S. The number of rotatable bonds is 4. The fourth-order valence-electron chi connectivity index (χ4n) is 2.40. The Kier molecular flexibility index (Phi) is 4.07. The number of methoxy groups -OCH3 is 2. The molecule has 2 unspecified atom stereocenters. The second-order valence-corrected chi connectivity index (χ2v) is 6.48. The lowest BCUT2D eigenvalue weighted by Gasteiger charge is -2.24. The van der Waals surface area contributed by atoms with Crippen molar-refractivity contribution in [2.75, 3.05) is 20.0 Å². The quantitative estimate of drug-likeness (QED) is 0.908. The smallest absolute Gasteiger partial charge is 0.160 e. The highest BCUT2D eigenvalue weighted by Gasteiger charge is 2.33. The number of benzene rings is 1. The van der Waals surface area contributed by atoms with Gasteiger partial charge in [-0.2, -0.15) is 0 Å². The minimum absolute atomic E-state index is 0.124. The molecule has 18 heavy (non-hydrogen) atoms. The third-order valence-corrected chi connectivity index (χ3v) is 4.76. The average Bonchev–Trinajstić information content (AvgIpc) is 2.68. The molecule has 1 heterocycles. The highest BCUT2D eigenvalue weighted by atomic mass is 32.2. The van der Waals surface area contributed by atoms with E-state index in [-0.39, 0.29) is 4.87 Å². The number of ether oxygens (including phenoxy) is 2. The number of hydrogen-bond acceptors (Lipinski definition) is 4. The summed E-state index contributed by atoms with van der Waals surface area (Å²) in [6.07, 6.45) is 0.988. The van der Waals surface area contributed by atoms with Crippen LogP contribution in [0.15, 0.2) is 18.2 Å². The summed E-state index contributed by atoms with van der Waals surface area (Å²) < 4.78 is 10.6. The van der Waals surface area contributed by atoms with Gasteiger partial charge in [-0.15, -0.1) is 11.8 Å². The van der Waals surface area contributed by atoms with Gasteiger partial charge in [0.15, 0.2) is 11.5 Å². The van der Waals surface area contributed by atoms with E-state index in [1.165, 1.54) is 11.3 Å². The predicted octanol–water partition coefficient (Wildman–Crippen LogP) is 2.69. The molecule has 1 aliphatic heterocycles.